The van der Waals surface area contributed by atoms with Crippen molar-refractivity contribution in [2.24, 2.45) is 0 Å². The fourth-order valence-corrected chi connectivity index (χ4v) is 3.28. The molecule has 0 atom stereocenters. The van der Waals surface area contributed by atoms with Crippen LogP contribution in [0.1, 0.15) is 0 Å². The van der Waals surface area contributed by atoms with E-state index in [0.717, 1.165) is 0 Å². The Balaban J connectivity index is 0.00000200. The summed E-state index contributed by atoms with van der Waals surface area (Å²) in [5.74, 6) is -0.964. The first-order valence-corrected chi connectivity index (χ1v) is 7.70. The second kappa shape index (κ2) is 7.26. The average Bonchev–Trinajstić information content (AvgIpc) is 2.24. The number of hydrogen-bond donors (Lipinski definition) is 3. The van der Waals surface area contributed by atoms with Gasteiger partial charge in [-0.3, -0.25) is 9.11 Å². The summed E-state index contributed by atoms with van der Waals surface area (Å²) in [6.45, 7) is 0. The minimum absolute atomic E-state index is 0. The molecule has 0 aromatic heterocycles. The van der Waals surface area contributed by atoms with Crippen LogP contribution in [-0.2, 0) is 20.2 Å². The second-order valence-corrected chi connectivity index (χ2v) is 6.47. The maximum atomic E-state index is 11.2. The number of hydrogen-bond acceptors (Lipinski definition) is 5. The third-order valence-corrected chi connectivity index (χ3v) is 4.31. The molecule has 0 fully saturated rings. The summed E-state index contributed by atoms with van der Waals surface area (Å²) < 4.78 is 62.9. The van der Waals surface area contributed by atoms with E-state index in [1.54, 1.807) is 0 Å². The van der Waals surface area contributed by atoms with E-state index in [9.17, 15) is 21.9 Å². The Labute approximate surface area is 165 Å². The normalized spacial score (nSPS) is 11.5. The van der Waals surface area contributed by atoms with E-state index in [1.165, 1.54) is 24.3 Å². The van der Waals surface area contributed by atoms with Crippen molar-refractivity contribution < 1.29 is 31.0 Å². The molecule has 0 saturated carbocycles. The van der Waals surface area contributed by atoms with Crippen LogP contribution in [0.5, 0.6) is 5.75 Å². The van der Waals surface area contributed by atoms with Crippen molar-refractivity contribution in [2.75, 3.05) is 0 Å². The molecule has 0 heterocycles. The molecule has 21 heavy (non-hydrogen) atoms. The van der Waals surface area contributed by atoms with Crippen LogP contribution in [0.25, 0.3) is 10.8 Å². The molecule has 0 aliphatic rings. The molecule has 2 rings (SSSR count). The SMILES string of the molecule is O=S(=O)(O)c1cc(O)c(S(=O)(=O)O)c2ccccc12.[Na].[Na]. The van der Waals surface area contributed by atoms with Gasteiger partial charge < -0.3 is 5.11 Å². The van der Waals surface area contributed by atoms with E-state index in [0.29, 0.717) is 6.07 Å². The molecule has 11 heteroatoms. The van der Waals surface area contributed by atoms with Crippen LogP contribution in [0.4, 0.5) is 0 Å². The van der Waals surface area contributed by atoms with Crippen LogP contribution >= 0.6 is 0 Å². The topological polar surface area (TPSA) is 129 Å². The first-order chi connectivity index (χ1) is 8.62. The predicted molar refractivity (Wildman–Crippen MR) is 76.8 cm³/mol. The van der Waals surface area contributed by atoms with Crippen LogP contribution < -0.4 is 0 Å². The fourth-order valence-electron chi connectivity index (χ4n) is 1.79. The summed E-state index contributed by atoms with van der Waals surface area (Å²) in [4.78, 5) is -1.46. The number of aromatic hydroxyl groups is 1. The molecule has 104 valence electrons. The maximum Gasteiger partial charge on any atom is 0.298 e. The Morgan fingerprint density at radius 3 is 1.71 bits per heavy atom. The molecule has 0 unspecified atom stereocenters. The van der Waals surface area contributed by atoms with Crippen LogP contribution in [0, 0.1) is 0 Å². The van der Waals surface area contributed by atoms with Crippen molar-refractivity contribution in [1.82, 2.24) is 0 Å². The van der Waals surface area contributed by atoms with E-state index in [-0.39, 0.29) is 69.9 Å². The number of fused-ring (bicyclic) bond motifs is 1. The molecule has 0 aliphatic heterocycles. The number of phenols is 1. The smallest absolute Gasteiger partial charge is 0.298 e. The molecule has 0 bridgehead atoms. The van der Waals surface area contributed by atoms with E-state index in [4.69, 9.17) is 9.11 Å². The molecular formula is C10H8Na2O7S2. The molecule has 2 aromatic carbocycles. The number of phenolic OH excluding ortho intramolecular Hbond substituents is 1. The standard InChI is InChI=1S/C10H8O7S2.2Na/c11-8-5-9(18(12,13)14)6-3-1-2-4-7(6)10(8)19(15,16)17;;/h1-5,11H,(H,12,13,14)(H,15,16,17);;. The minimum atomic E-state index is -4.75. The monoisotopic (exact) mass is 350 g/mol. The van der Waals surface area contributed by atoms with E-state index >= 15 is 0 Å². The summed E-state index contributed by atoms with van der Waals surface area (Å²) in [6, 6.07) is 5.83. The first kappa shape index (κ1) is 21.3. The molecule has 3 N–H and O–H groups in total. The van der Waals surface area contributed by atoms with Gasteiger partial charge in [-0.15, -0.1) is 0 Å². The van der Waals surface area contributed by atoms with Gasteiger partial charge in [-0.1, -0.05) is 24.3 Å². The third-order valence-electron chi connectivity index (χ3n) is 2.47. The van der Waals surface area contributed by atoms with Gasteiger partial charge in [-0.25, -0.2) is 0 Å². The zero-order chi connectivity index (χ0) is 14.4. The zero-order valence-electron chi connectivity index (χ0n) is 11.2. The van der Waals surface area contributed by atoms with Crippen molar-refractivity contribution in [3.05, 3.63) is 30.3 Å². The predicted octanol–water partition coefficient (Wildman–Crippen LogP) is 0.277. The first-order valence-electron chi connectivity index (χ1n) is 4.82. The van der Waals surface area contributed by atoms with Crippen LogP contribution in [0.2, 0.25) is 0 Å². The van der Waals surface area contributed by atoms with Crippen molar-refractivity contribution in [3.63, 3.8) is 0 Å². The summed E-state index contributed by atoms with van der Waals surface area (Å²) in [5.41, 5.74) is 0. The fraction of sp³-hybridized carbons (Fsp3) is 0. The van der Waals surface area contributed by atoms with E-state index in [1.807, 2.05) is 0 Å². The van der Waals surface area contributed by atoms with Gasteiger partial charge in [0.25, 0.3) is 20.2 Å². The Hall–Kier alpha value is 0.320. The summed E-state index contributed by atoms with van der Waals surface area (Å²) in [5, 5.41) is 9.23. The summed E-state index contributed by atoms with van der Waals surface area (Å²) in [7, 11) is -9.40. The Morgan fingerprint density at radius 2 is 1.29 bits per heavy atom. The van der Waals surface area contributed by atoms with Crippen molar-refractivity contribution in [2.45, 2.75) is 9.79 Å². The number of benzene rings is 2. The summed E-state index contributed by atoms with van der Waals surface area (Å²) >= 11 is 0. The summed E-state index contributed by atoms with van der Waals surface area (Å²) in [6.07, 6.45) is 0. The van der Waals surface area contributed by atoms with Crippen molar-refractivity contribution in [1.29, 1.82) is 0 Å². The molecule has 7 nitrogen and oxygen atoms in total. The van der Waals surface area contributed by atoms with E-state index < -0.39 is 35.8 Å². The van der Waals surface area contributed by atoms with Crippen LogP contribution in [0.3, 0.4) is 0 Å². The second-order valence-electron chi connectivity index (χ2n) is 3.72. The van der Waals surface area contributed by atoms with Crippen molar-refractivity contribution in [3.8, 4) is 5.75 Å². The largest absolute Gasteiger partial charge is 0.506 e. The Morgan fingerprint density at radius 1 is 0.810 bits per heavy atom. The maximum absolute atomic E-state index is 11.2. The van der Waals surface area contributed by atoms with Crippen molar-refractivity contribution >= 4 is 90.1 Å². The zero-order valence-corrected chi connectivity index (χ0v) is 16.8. The van der Waals surface area contributed by atoms with Gasteiger partial charge in [0, 0.05) is 76.0 Å². The molecular weight excluding hydrogens is 342 g/mol. The number of rotatable bonds is 2. The molecule has 0 saturated heterocycles. The molecule has 0 aliphatic carbocycles. The molecule has 0 spiro atoms. The van der Waals surface area contributed by atoms with Gasteiger partial charge >= 0.3 is 0 Å². The minimum Gasteiger partial charge on any atom is -0.506 e. The Kier molecular flexibility index (Phi) is 7.37. The van der Waals surface area contributed by atoms with Gasteiger partial charge in [0.15, 0.2) is 0 Å². The quantitative estimate of drug-likeness (QED) is 0.524. The van der Waals surface area contributed by atoms with Gasteiger partial charge in [-0.05, 0) is 0 Å². The van der Waals surface area contributed by atoms with Crippen LogP contribution in [0.15, 0.2) is 40.1 Å². The van der Waals surface area contributed by atoms with Gasteiger partial charge in [-0.2, -0.15) is 16.8 Å². The van der Waals surface area contributed by atoms with Gasteiger partial charge in [0.1, 0.15) is 15.5 Å². The van der Waals surface area contributed by atoms with Gasteiger partial charge in [0.2, 0.25) is 0 Å². The third kappa shape index (κ3) is 4.41. The van der Waals surface area contributed by atoms with Crippen LogP contribution in [-0.4, -0.2) is 90.2 Å². The van der Waals surface area contributed by atoms with E-state index in [2.05, 4.69) is 0 Å². The molecule has 2 radical (unpaired) electrons. The molecule has 2 aromatic rings. The Bertz CT molecular complexity index is 876. The van der Waals surface area contributed by atoms with Gasteiger partial charge in [0.05, 0.1) is 0 Å². The molecule has 0 amide bonds. The average molecular weight is 350 g/mol.